The van der Waals surface area contributed by atoms with E-state index in [0.29, 0.717) is 22.1 Å². The van der Waals surface area contributed by atoms with Crippen LogP contribution in [-0.4, -0.2) is 36.6 Å². The van der Waals surface area contributed by atoms with Crippen molar-refractivity contribution in [2.24, 2.45) is 5.92 Å². The van der Waals surface area contributed by atoms with Crippen molar-refractivity contribution < 1.29 is 18.0 Å². The van der Waals surface area contributed by atoms with Gasteiger partial charge < -0.3 is 5.32 Å². The summed E-state index contributed by atoms with van der Waals surface area (Å²) in [7, 11) is -2.97. The van der Waals surface area contributed by atoms with Crippen LogP contribution < -0.4 is 5.32 Å². The monoisotopic (exact) mass is 316 g/mol. The van der Waals surface area contributed by atoms with E-state index in [1.165, 1.54) is 6.92 Å². The summed E-state index contributed by atoms with van der Waals surface area (Å²) in [5.41, 5.74) is 0.598. The van der Waals surface area contributed by atoms with Gasteiger partial charge in [0, 0.05) is 13.3 Å². The van der Waals surface area contributed by atoms with Crippen LogP contribution in [0.4, 0.5) is 5.13 Å². The van der Waals surface area contributed by atoms with Gasteiger partial charge in [-0.25, -0.2) is 13.4 Å². The van der Waals surface area contributed by atoms with Gasteiger partial charge >= 0.3 is 0 Å². The summed E-state index contributed by atoms with van der Waals surface area (Å²) in [4.78, 5) is 27.8. The minimum absolute atomic E-state index is 0.0794. The van der Waals surface area contributed by atoms with E-state index in [9.17, 15) is 18.0 Å². The van der Waals surface area contributed by atoms with Crippen molar-refractivity contribution in [1.82, 2.24) is 4.98 Å². The highest BCUT2D eigenvalue weighted by atomic mass is 32.2. The number of Topliss-reactive ketones (excluding diaryl/α,β-unsaturated/α-hetero) is 1. The molecule has 20 heavy (non-hydrogen) atoms. The van der Waals surface area contributed by atoms with E-state index in [2.05, 4.69) is 10.3 Å². The molecule has 0 bridgehead atoms. The van der Waals surface area contributed by atoms with Gasteiger partial charge in [0.05, 0.1) is 22.1 Å². The summed E-state index contributed by atoms with van der Waals surface area (Å²) < 4.78 is 22.6. The van der Waals surface area contributed by atoms with Gasteiger partial charge in [0.25, 0.3) is 0 Å². The molecule has 6 nitrogen and oxygen atoms in total. The number of aromatic nitrogens is 1. The summed E-state index contributed by atoms with van der Waals surface area (Å²) in [6.07, 6.45) is 0.707. The smallest absolute Gasteiger partial charge is 0.226 e. The van der Waals surface area contributed by atoms with Crippen molar-refractivity contribution >= 4 is 38.0 Å². The SMILES string of the molecule is CC(=O)c1sc(NC(=O)C[C@@H]2CCS(=O)(=O)C2)nc1C. The van der Waals surface area contributed by atoms with Crippen molar-refractivity contribution in [3.63, 3.8) is 0 Å². The van der Waals surface area contributed by atoms with Gasteiger partial charge in [-0.05, 0) is 19.3 Å². The number of ketones is 1. The highest BCUT2D eigenvalue weighted by Gasteiger charge is 2.29. The molecule has 1 aromatic heterocycles. The lowest BCUT2D eigenvalue weighted by atomic mass is 10.1. The first-order valence-electron chi connectivity index (χ1n) is 6.25. The number of hydrogen-bond donors (Lipinski definition) is 1. The molecule has 0 aromatic carbocycles. The summed E-state index contributed by atoms with van der Waals surface area (Å²) in [6, 6.07) is 0. The molecule has 110 valence electrons. The van der Waals surface area contributed by atoms with Gasteiger partial charge in [-0.3, -0.25) is 9.59 Å². The predicted octanol–water partition coefficient (Wildman–Crippen LogP) is 1.42. The van der Waals surface area contributed by atoms with Gasteiger partial charge in [0.2, 0.25) is 5.91 Å². The topological polar surface area (TPSA) is 93.2 Å². The molecule has 1 aromatic rings. The normalized spacial score (nSPS) is 20.8. The lowest BCUT2D eigenvalue weighted by molar-refractivity contribution is -0.116. The van der Waals surface area contributed by atoms with Crippen molar-refractivity contribution in [2.75, 3.05) is 16.8 Å². The Morgan fingerprint density at radius 3 is 2.65 bits per heavy atom. The van der Waals surface area contributed by atoms with E-state index in [0.717, 1.165) is 11.3 Å². The number of hydrogen-bond acceptors (Lipinski definition) is 6. The lowest BCUT2D eigenvalue weighted by Crippen LogP contribution is -2.17. The molecule has 1 aliphatic heterocycles. The average Bonchev–Trinajstić information content (AvgIpc) is 2.81. The van der Waals surface area contributed by atoms with E-state index in [1.807, 2.05) is 0 Å². The zero-order valence-electron chi connectivity index (χ0n) is 11.3. The van der Waals surface area contributed by atoms with Crippen molar-refractivity contribution in [3.05, 3.63) is 10.6 Å². The van der Waals surface area contributed by atoms with Crippen LogP contribution >= 0.6 is 11.3 Å². The molecule has 1 aliphatic rings. The van der Waals surface area contributed by atoms with Gasteiger partial charge in [-0.2, -0.15) is 0 Å². The molecule has 0 radical (unpaired) electrons. The molecular weight excluding hydrogens is 300 g/mol. The number of nitrogens with zero attached hydrogens (tertiary/aromatic N) is 1. The summed E-state index contributed by atoms with van der Waals surface area (Å²) in [6.45, 7) is 3.17. The Labute approximate surface area is 121 Å². The average molecular weight is 316 g/mol. The Kier molecular flexibility index (Phi) is 4.24. The maximum absolute atomic E-state index is 11.8. The molecule has 0 saturated carbocycles. The number of sulfone groups is 1. The molecule has 0 aliphatic carbocycles. The Morgan fingerprint density at radius 2 is 2.15 bits per heavy atom. The molecule has 0 spiro atoms. The minimum Gasteiger partial charge on any atom is -0.302 e. The van der Waals surface area contributed by atoms with Crippen LogP contribution in [0.15, 0.2) is 0 Å². The first-order chi connectivity index (χ1) is 9.27. The van der Waals surface area contributed by atoms with Crippen molar-refractivity contribution in [3.8, 4) is 0 Å². The number of aryl methyl sites for hydroxylation is 1. The van der Waals surface area contributed by atoms with Crippen LogP contribution in [0.1, 0.15) is 35.1 Å². The van der Waals surface area contributed by atoms with Gasteiger partial charge in [0.1, 0.15) is 0 Å². The Hall–Kier alpha value is -1.28. The Balaban J connectivity index is 1.95. The van der Waals surface area contributed by atoms with E-state index in [4.69, 9.17) is 0 Å². The van der Waals surface area contributed by atoms with Crippen molar-refractivity contribution in [1.29, 1.82) is 0 Å². The Morgan fingerprint density at radius 1 is 1.45 bits per heavy atom. The summed E-state index contributed by atoms with van der Waals surface area (Å²) in [5.74, 6) is -0.210. The largest absolute Gasteiger partial charge is 0.302 e. The maximum atomic E-state index is 11.8. The first kappa shape index (κ1) is 15.1. The van der Waals surface area contributed by atoms with E-state index >= 15 is 0 Å². The van der Waals surface area contributed by atoms with E-state index < -0.39 is 9.84 Å². The van der Waals surface area contributed by atoms with Crippen LogP contribution in [-0.2, 0) is 14.6 Å². The minimum atomic E-state index is -2.97. The molecule has 1 amide bonds. The molecule has 8 heteroatoms. The third kappa shape index (κ3) is 3.63. The molecule has 2 rings (SSSR count). The number of carbonyl (C=O) groups excluding carboxylic acids is 2. The van der Waals surface area contributed by atoms with Gasteiger partial charge in [-0.15, -0.1) is 0 Å². The van der Waals surface area contributed by atoms with E-state index in [-0.39, 0.29) is 35.5 Å². The number of thiazole rings is 1. The number of anilines is 1. The first-order valence-corrected chi connectivity index (χ1v) is 8.89. The molecule has 1 N–H and O–H groups in total. The molecule has 0 unspecified atom stereocenters. The zero-order chi connectivity index (χ0) is 14.9. The quantitative estimate of drug-likeness (QED) is 0.848. The number of amides is 1. The Bertz CT molecular complexity index is 648. The fourth-order valence-corrected chi connectivity index (χ4v) is 4.98. The van der Waals surface area contributed by atoms with Crippen molar-refractivity contribution in [2.45, 2.75) is 26.7 Å². The second-order valence-corrected chi connectivity index (χ2v) is 8.24. The van der Waals surface area contributed by atoms with E-state index in [1.54, 1.807) is 6.92 Å². The van der Waals surface area contributed by atoms with Crippen LogP contribution in [0, 0.1) is 12.8 Å². The molecule has 1 saturated heterocycles. The fourth-order valence-electron chi connectivity index (χ4n) is 2.24. The lowest BCUT2D eigenvalue weighted by Gasteiger charge is -2.06. The fraction of sp³-hybridized carbons (Fsp3) is 0.583. The number of rotatable bonds is 4. The maximum Gasteiger partial charge on any atom is 0.226 e. The highest BCUT2D eigenvalue weighted by Crippen LogP contribution is 2.25. The van der Waals surface area contributed by atoms with Crippen LogP contribution in [0.2, 0.25) is 0 Å². The molecule has 2 heterocycles. The standard InChI is InChI=1S/C12H16N2O4S2/c1-7-11(8(2)15)19-12(13-7)14-10(16)5-9-3-4-20(17,18)6-9/h9H,3-6H2,1-2H3,(H,13,14,16)/t9-/m0/s1. The van der Waals surface area contributed by atoms with Gasteiger partial charge in [-0.1, -0.05) is 11.3 Å². The van der Waals surface area contributed by atoms with Gasteiger partial charge in [0.15, 0.2) is 20.8 Å². The molecular formula is C12H16N2O4S2. The number of carbonyl (C=O) groups is 2. The van der Waals surface area contributed by atoms with Crippen LogP contribution in [0.25, 0.3) is 0 Å². The third-order valence-corrected chi connectivity index (χ3v) is 6.17. The molecule has 1 atom stereocenters. The van der Waals surface area contributed by atoms with Crippen LogP contribution in [0.5, 0.6) is 0 Å². The van der Waals surface area contributed by atoms with Crippen LogP contribution in [0.3, 0.4) is 0 Å². The third-order valence-electron chi connectivity index (χ3n) is 3.16. The highest BCUT2D eigenvalue weighted by molar-refractivity contribution is 7.91. The summed E-state index contributed by atoms with van der Waals surface area (Å²) in [5, 5.41) is 3.02. The second-order valence-electron chi connectivity index (χ2n) is 5.01. The zero-order valence-corrected chi connectivity index (χ0v) is 12.9. The number of nitrogens with one attached hydrogen (secondary N) is 1. The second kappa shape index (κ2) is 5.61. The summed E-state index contributed by atoms with van der Waals surface area (Å²) >= 11 is 1.14. The molecule has 1 fully saturated rings. The predicted molar refractivity (Wildman–Crippen MR) is 76.9 cm³/mol.